The van der Waals surface area contributed by atoms with Gasteiger partial charge in [-0.1, -0.05) is 26.8 Å². The molecule has 1 aromatic carbocycles. The van der Waals surface area contributed by atoms with Gasteiger partial charge in [-0.15, -0.1) is 0 Å². The van der Waals surface area contributed by atoms with Gasteiger partial charge < -0.3 is 10.0 Å². The number of halogens is 1. The number of carboxylic acid groups (broad SMARTS) is 1. The van der Waals surface area contributed by atoms with Gasteiger partial charge in [-0.25, -0.2) is 9.18 Å². The molecule has 0 fully saturated rings. The van der Waals surface area contributed by atoms with E-state index in [0.717, 1.165) is 12.6 Å². The largest absolute Gasteiger partial charge is 0.478 e. The molecule has 0 bridgehead atoms. The molecule has 0 saturated heterocycles. The van der Waals surface area contributed by atoms with E-state index in [9.17, 15) is 9.18 Å². The zero-order valence-corrected chi connectivity index (χ0v) is 11.3. The third-order valence-corrected chi connectivity index (χ3v) is 2.49. The maximum atomic E-state index is 13.0. The lowest BCUT2D eigenvalue weighted by Crippen LogP contribution is -2.29. The summed E-state index contributed by atoms with van der Waals surface area (Å²) in [6.45, 7) is 7.69. The van der Waals surface area contributed by atoms with Crippen LogP contribution in [0.15, 0.2) is 18.2 Å². The minimum atomic E-state index is -1.09. The average Bonchev–Trinajstić information content (AvgIpc) is 2.17. The molecule has 0 spiro atoms. The number of hydrogen-bond donors (Lipinski definition) is 1. The molecule has 0 radical (unpaired) electrons. The van der Waals surface area contributed by atoms with Gasteiger partial charge in [-0.05, 0) is 30.2 Å². The highest BCUT2D eigenvalue weighted by molar-refractivity contribution is 5.89. The van der Waals surface area contributed by atoms with E-state index in [1.165, 1.54) is 12.1 Å². The van der Waals surface area contributed by atoms with Crippen LogP contribution in [0.1, 0.15) is 36.7 Å². The Balaban J connectivity index is 2.87. The average molecular weight is 253 g/mol. The zero-order valence-electron chi connectivity index (χ0n) is 11.3. The van der Waals surface area contributed by atoms with E-state index in [0.29, 0.717) is 12.1 Å². The maximum absolute atomic E-state index is 13.0. The molecule has 0 unspecified atom stereocenters. The summed E-state index contributed by atoms with van der Waals surface area (Å²) in [4.78, 5) is 13.1. The Kier molecular flexibility index (Phi) is 4.46. The minimum Gasteiger partial charge on any atom is -0.478 e. The van der Waals surface area contributed by atoms with Crippen molar-refractivity contribution in [3.8, 4) is 0 Å². The number of nitrogens with zero attached hydrogens (tertiary/aromatic N) is 1. The molecule has 1 N–H and O–H groups in total. The quantitative estimate of drug-likeness (QED) is 0.896. The lowest BCUT2D eigenvalue weighted by molar-refractivity contribution is 0.0694. The Hall–Kier alpha value is -1.42. The van der Waals surface area contributed by atoms with Crippen LogP contribution in [-0.2, 0) is 6.54 Å². The Bertz CT molecular complexity index is 438. The van der Waals surface area contributed by atoms with E-state index < -0.39 is 11.8 Å². The van der Waals surface area contributed by atoms with Crippen molar-refractivity contribution in [1.82, 2.24) is 4.90 Å². The molecule has 0 aromatic heterocycles. The maximum Gasteiger partial charge on any atom is 0.336 e. The van der Waals surface area contributed by atoms with Gasteiger partial charge in [0.25, 0.3) is 0 Å². The first-order valence-electron chi connectivity index (χ1n) is 5.89. The standard InChI is InChI=1S/C14H20FNO2/c1-14(2,3)9-16(4)8-10-5-6-11(15)7-12(10)13(17)18/h5-7H,8-9H2,1-4H3,(H,17,18). The molecule has 100 valence electrons. The van der Waals surface area contributed by atoms with Gasteiger partial charge in [0.2, 0.25) is 0 Å². The van der Waals surface area contributed by atoms with E-state index in [4.69, 9.17) is 5.11 Å². The van der Waals surface area contributed by atoms with Crippen molar-refractivity contribution in [1.29, 1.82) is 0 Å². The topological polar surface area (TPSA) is 40.5 Å². The van der Waals surface area contributed by atoms with Gasteiger partial charge in [0.15, 0.2) is 0 Å². The number of benzene rings is 1. The van der Waals surface area contributed by atoms with Crippen LogP contribution in [0.5, 0.6) is 0 Å². The summed E-state index contributed by atoms with van der Waals surface area (Å²) in [5.41, 5.74) is 0.810. The highest BCUT2D eigenvalue weighted by Gasteiger charge is 2.17. The predicted octanol–water partition coefficient (Wildman–Crippen LogP) is 3.00. The summed E-state index contributed by atoms with van der Waals surface area (Å²) in [5, 5.41) is 9.05. The SMILES string of the molecule is CN(Cc1ccc(F)cc1C(=O)O)CC(C)(C)C. The van der Waals surface area contributed by atoms with Crippen LogP contribution in [0.2, 0.25) is 0 Å². The molecular formula is C14H20FNO2. The first-order valence-corrected chi connectivity index (χ1v) is 5.89. The third kappa shape index (κ3) is 4.45. The first kappa shape index (κ1) is 14.6. The number of carboxylic acids is 1. The summed E-state index contributed by atoms with van der Waals surface area (Å²) in [7, 11) is 1.93. The fraction of sp³-hybridized carbons (Fsp3) is 0.500. The van der Waals surface area contributed by atoms with E-state index in [1.807, 2.05) is 11.9 Å². The fourth-order valence-corrected chi connectivity index (χ4v) is 2.04. The van der Waals surface area contributed by atoms with E-state index >= 15 is 0 Å². The van der Waals surface area contributed by atoms with Gasteiger partial charge >= 0.3 is 5.97 Å². The molecule has 0 amide bonds. The predicted molar refractivity (Wildman–Crippen MR) is 69.1 cm³/mol. The number of rotatable bonds is 4. The second-order valence-corrected chi connectivity index (χ2v) is 5.84. The molecule has 0 atom stereocenters. The molecule has 1 rings (SSSR count). The minimum absolute atomic E-state index is 0.0377. The van der Waals surface area contributed by atoms with Crippen LogP contribution in [-0.4, -0.2) is 29.6 Å². The number of hydrogen-bond acceptors (Lipinski definition) is 2. The molecule has 3 nitrogen and oxygen atoms in total. The summed E-state index contributed by atoms with van der Waals surface area (Å²) < 4.78 is 13.0. The van der Waals surface area contributed by atoms with Crippen LogP contribution in [0.4, 0.5) is 4.39 Å². The van der Waals surface area contributed by atoms with Gasteiger partial charge in [-0.3, -0.25) is 0 Å². The van der Waals surface area contributed by atoms with Crippen molar-refractivity contribution >= 4 is 5.97 Å². The fourth-order valence-electron chi connectivity index (χ4n) is 2.04. The normalized spacial score (nSPS) is 11.9. The number of aromatic carboxylic acids is 1. The molecule has 1 aromatic rings. The Morgan fingerprint density at radius 1 is 1.39 bits per heavy atom. The third-order valence-electron chi connectivity index (χ3n) is 2.49. The summed E-state index contributed by atoms with van der Waals surface area (Å²) in [6, 6.07) is 3.91. The van der Waals surface area contributed by atoms with Crippen LogP contribution in [0, 0.1) is 11.2 Å². The monoisotopic (exact) mass is 253 g/mol. The molecule has 0 saturated carbocycles. The van der Waals surface area contributed by atoms with Crippen LogP contribution >= 0.6 is 0 Å². The molecule has 0 aliphatic carbocycles. The van der Waals surface area contributed by atoms with Crippen molar-refractivity contribution in [2.45, 2.75) is 27.3 Å². The van der Waals surface area contributed by atoms with Crippen molar-refractivity contribution in [2.24, 2.45) is 5.41 Å². The van der Waals surface area contributed by atoms with Gasteiger partial charge in [0, 0.05) is 13.1 Å². The summed E-state index contributed by atoms with van der Waals surface area (Å²) in [6.07, 6.45) is 0. The molecule has 0 heterocycles. The second kappa shape index (κ2) is 5.48. The Morgan fingerprint density at radius 3 is 2.50 bits per heavy atom. The van der Waals surface area contributed by atoms with Crippen molar-refractivity contribution in [3.05, 3.63) is 35.1 Å². The Labute approximate surface area is 107 Å². The second-order valence-electron chi connectivity index (χ2n) is 5.84. The van der Waals surface area contributed by atoms with E-state index in [-0.39, 0.29) is 11.0 Å². The van der Waals surface area contributed by atoms with E-state index in [2.05, 4.69) is 20.8 Å². The van der Waals surface area contributed by atoms with E-state index in [1.54, 1.807) is 0 Å². The molecule has 0 aliphatic rings. The van der Waals surface area contributed by atoms with Crippen LogP contribution in [0.3, 0.4) is 0 Å². The first-order chi connectivity index (χ1) is 8.19. The molecule has 0 aliphatic heterocycles. The van der Waals surface area contributed by atoms with Gasteiger partial charge in [0.1, 0.15) is 5.82 Å². The highest BCUT2D eigenvalue weighted by Crippen LogP contribution is 2.18. The van der Waals surface area contributed by atoms with Crippen LogP contribution < -0.4 is 0 Å². The van der Waals surface area contributed by atoms with Crippen molar-refractivity contribution < 1.29 is 14.3 Å². The number of carbonyl (C=O) groups is 1. The lowest BCUT2D eigenvalue weighted by Gasteiger charge is -2.26. The lowest BCUT2D eigenvalue weighted by atomic mass is 9.96. The summed E-state index contributed by atoms with van der Waals surface area (Å²) >= 11 is 0. The molecule has 18 heavy (non-hydrogen) atoms. The molecule has 4 heteroatoms. The van der Waals surface area contributed by atoms with Crippen molar-refractivity contribution in [3.63, 3.8) is 0 Å². The molecular weight excluding hydrogens is 233 g/mol. The van der Waals surface area contributed by atoms with Gasteiger partial charge in [0.05, 0.1) is 5.56 Å². The highest BCUT2D eigenvalue weighted by atomic mass is 19.1. The van der Waals surface area contributed by atoms with Gasteiger partial charge in [-0.2, -0.15) is 0 Å². The Morgan fingerprint density at radius 2 is 2.00 bits per heavy atom. The summed E-state index contributed by atoms with van der Waals surface area (Å²) in [5.74, 6) is -1.61. The smallest absolute Gasteiger partial charge is 0.336 e. The zero-order chi connectivity index (χ0) is 13.9. The van der Waals surface area contributed by atoms with Crippen molar-refractivity contribution in [2.75, 3.05) is 13.6 Å². The van der Waals surface area contributed by atoms with Crippen LogP contribution in [0.25, 0.3) is 0 Å².